The van der Waals surface area contributed by atoms with E-state index in [0.29, 0.717) is 81.6 Å². The number of anilines is 2. The molecule has 4 rings (SSSR count). The fourth-order valence-electron chi connectivity index (χ4n) is 3.19. The topological polar surface area (TPSA) is 122 Å². The molecule has 0 saturated carbocycles. The molecule has 10 heteroatoms. The Balaban J connectivity index is 1.77. The molecule has 0 radical (unpaired) electrons. The maximum atomic E-state index is 10.2. The monoisotopic (exact) mass is 385 g/mol. The van der Waals surface area contributed by atoms with Gasteiger partial charge in [-0.25, -0.2) is 0 Å². The minimum atomic E-state index is 0.0629. The number of para-hydroxylation sites is 1. The lowest BCUT2D eigenvalue weighted by atomic mass is 10.1. The van der Waals surface area contributed by atoms with Crippen LogP contribution in [0, 0.1) is 0 Å². The van der Waals surface area contributed by atoms with Crippen LogP contribution in [0.15, 0.2) is 29.4 Å². The van der Waals surface area contributed by atoms with Gasteiger partial charge in [-0.15, -0.1) is 0 Å². The van der Waals surface area contributed by atoms with E-state index in [9.17, 15) is 5.11 Å². The van der Waals surface area contributed by atoms with Gasteiger partial charge in [-0.05, 0) is 12.1 Å². The quantitative estimate of drug-likeness (QED) is 0.424. The van der Waals surface area contributed by atoms with Gasteiger partial charge in [-0.1, -0.05) is 12.1 Å². The van der Waals surface area contributed by atoms with Gasteiger partial charge in [0.1, 0.15) is 11.5 Å². The van der Waals surface area contributed by atoms with Crippen LogP contribution in [0.3, 0.4) is 0 Å². The number of aromatic hydroxyl groups is 1. The molecule has 0 atom stereocenters. The number of hydrazone groups is 1. The second-order valence-electron chi connectivity index (χ2n) is 6.45. The highest BCUT2D eigenvalue weighted by Gasteiger charge is 2.23. The van der Waals surface area contributed by atoms with Gasteiger partial charge in [-0.3, -0.25) is 0 Å². The van der Waals surface area contributed by atoms with E-state index < -0.39 is 0 Å². The van der Waals surface area contributed by atoms with Gasteiger partial charge in [0, 0.05) is 31.7 Å². The molecule has 3 heterocycles. The lowest BCUT2D eigenvalue weighted by Crippen LogP contribution is -2.40. The Bertz CT molecular complexity index is 813. The third kappa shape index (κ3) is 3.82. The van der Waals surface area contributed by atoms with Crippen molar-refractivity contribution in [1.82, 2.24) is 15.0 Å². The van der Waals surface area contributed by atoms with Crippen molar-refractivity contribution in [3.05, 3.63) is 35.7 Å². The molecule has 2 aliphatic heterocycles. The number of phenols is 1. The molecule has 10 nitrogen and oxygen atoms in total. The Morgan fingerprint density at radius 3 is 1.93 bits per heavy atom. The van der Waals surface area contributed by atoms with Crippen molar-refractivity contribution >= 4 is 17.6 Å². The lowest BCUT2D eigenvalue weighted by molar-refractivity contribution is 0.121. The molecule has 2 fully saturated rings. The predicted molar refractivity (Wildman–Crippen MR) is 104 cm³/mol. The van der Waals surface area contributed by atoms with E-state index in [1.165, 1.54) is 0 Å². The summed E-state index contributed by atoms with van der Waals surface area (Å²) in [6.07, 6.45) is 0. The zero-order valence-corrected chi connectivity index (χ0v) is 15.5. The Hall–Kier alpha value is -2.98. The summed E-state index contributed by atoms with van der Waals surface area (Å²) < 4.78 is 10.9. The third-order valence-corrected chi connectivity index (χ3v) is 4.70. The lowest BCUT2D eigenvalue weighted by Gasteiger charge is -2.30. The van der Waals surface area contributed by atoms with Crippen molar-refractivity contribution in [3.8, 4) is 5.75 Å². The SMILES string of the molecule is NN=C(c1nc(N2CCOCC2)nc(N2CCOCC2)n1)c1ccccc1O. The molecule has 0 aliphatic carbocycles. The van der Waals surface area contributed by atoms with Crippen LogP contribution in [0.25, 0.3) is 0 Å². The summed E-state index contributed by atoms with van der Waals surface area (Å²) in [7, 11) is 0. The number of nitrogens with zero attached hydrogens (tertiary/aromatic N) is 6. The number of ether oxygens (including phenoxy) is 2. The highest BCUT2D eigenvalue weighted by Crippen LogP contribution is 2.22. The number of phenolic OH excluding ortho intramolecular Hbond substituents is 1. The van der Waals surface area contributed by atoms with Crippen LogP contribution < -0.4 is 15.6 Å². The first-order chi connectivity index (χ1) is 13.8. The summed E-state index contributed by atoms with van der Waals surface area (Å²) in [5, 5.41) is 14.1. The number of rotatable bonds is 4. The molecule has 28 heavy (non-hydrogen) atoms. The van der Waals surface area contributed by atoms with E-state index in [1.807, 2.05) is 0 Å². The third-order valence-electron chi connectivity index (χ3n) is 4.70. The van der Waals surface area contributed by atoms with E-state index in [1.54, 1.807) is 24.3 Å². The smallest absolute Gasteiger partial charge is 0.230 e. The zero-order chi connectivity index (χ0) is 19.3. The predicted octanol–water partition coefficient (Wildman–Crippen LogP) is -0.0385. The molecular weight excluding hydrogens is 362 g/mol. The number of morpholine rings is 2. The van der Waals surface area contributed by atoms with Crippen molar-refractivity contribution in [1.29, 1.82) is 0 Å². The van der Waals surface area contributed by atoms with Crippen molar-refractivity contribution in [2.75, 3.05) is 62.4 Å². The molecule has 148 valence electrons. The van der Waals surface area contributed by atoms with Crippen LogP contribution in [-0.2, 0) is 9.47 Å². The molecular formula is C18H23N7O3. The number of aromatic nitrogens is 3. The summed E-state index contributed by atoms with van der Waals surface area (Å²) >= 11 is 0. The maximum Gasteiger partial charge on any atom is 0.230 e. The Kier molecular flexibility index (Phi) is 5.49. The van der Waals surface area contributed by atoms with Crippen molar-refractivity contribution in [2.24, 2.45) is 10.9 Å². The number of nitrogens with two attached hydrogens (primary N) is 1. The highest BCUT2D eigenvalue weighted by molar-refractivity contribution is 6.12. The number of benzene rings is 1. The molecule has 0 bridgehead atoms. The van der Waals surface area contributed by atoms with Gasteiger partial charge in [0.25, 0.3) is 0 Å². The number of hydrogen-bond donors (Lipinski definition) is 2. The van der Waals surface area contributed by atoms with Gasteiger partial charge in [-0.2, -0.15) is 20.1 Å². The second kappa shape index (κ2) is 8.36. The van der Waals surface area contributed by atoms with Crippen LogP contribution >= 0.6 is 0 Å². The normalized spacial score (nSPS) is 18.4. The maximum absolute atomic E-state index is 10.2. The summed E-state index contributed by atoms with van der Waals surface area (Å²) in [6, 6.07) is 6.84. The number of hydrogen-bond acceptors (Lipinski definition) is 10. The van der Waals surface area contributed by atoms with E-state index in [2.05, 4.69) is 29.9 Å². The van der Waals surface area contributed by atoms with Crippen LogP contribution in [0.2, 0.25) is 0 Å². The molecule has 1 aromatic heterocycles. The Morgan fingerprint density at radius 2 is 1.43 bits per heavy atom. The molecule has 0 unspecified atom stereocenters. The first-order valence-electron chi connectivity index (χ1n) is 9.24. The van der Waals surface area contributed by atoms with E-state index in [4.69, 9.17) is 15.3 Å². The Labute approximate surface area is 162 Å². The van der Waals surface area contributed by atoms with Crippen molar-refractivity contribution in [3.63, 3.8) is 0 Å². The van der Waals surface area contributed by atoms with Gasteiger partial charge < -0.3 is 30.2 Å². The highest BCUT2D eigenvalue weighted by atomic mass is 16.5. The molecule has 1 aromatic carbocycles. The van der Waals surface area contributed by atoms with Crippen LogP contribution in [0.4, 0.5) is 11.9 Å². The van der Waals surface area contributed by atoms with Gasteiger partial charge in [0.2, 0.25) is 11.9 Å². The fourth-order valence-corrected chi connectivity index (χ4v) is 3.19. The molecule has 3 N–H and O–H groups in total. The minimum Gasteiger partial charge on any atom is -0.507 e. The van der Waals surface area contributed by atoms with E-state index in [-0.39, 0.29) is 5.75 Å². The average molecular weight is 385 g/mol. The standard InChI is InChI=1S/C18H23N7O3/c19-23-15(13-3-1-2-4-14(13)26)16-20-17(24-5-9-27-10-6-24)22-18(21-16)25-7-11-28-12-8-25/h1-4,26H,5-12,19H2. The first-order valence-corrected chi connectivity index (χ1v) is 9.24. The summed E-state index contributed by atoms with van der Waals surface area (Å²) in [4.78, 5) is 18.0. The molecule has 2 aromatic rings. The second-order valence-corrected chi connectivity index (χ2v) is 6.45. The van der Waals surface area contributed by atoms with Crippen molar-refractivity contribution in [2.45, 2.75) is 0 Å². The summed E-state index contributed by atoms with van der Waals surface area (Å²) in [5.74, 6) is 7.15. The average Bonchev–Trinajstić information content (AvgIpc) is 2.77. The fraction of sp³-hybridized carbons (Fsp3) is 0.444. The van der Waals surface area contributed by atoms with Gasteiger partial charge >= 0.3 is 0 Å². The Morgan fingerprint density at radius 1 is 0.893 bits per heavy atom. The van der Waals surface area contributed by atoms with Gasteiger partial charge in [0.15, 0.2) is 5.82 Å². The van der Waals surface area contributed by atoms with E-state index >= 15 is 0 Å². The summed E-state index contributed by atoms with van der Waals surface area (Å²) in [5.41, 5.74) is 0.779. The molecule has 2 aliphatic rings. The first kappa shape index (κ1) is 18.4. The molecule has 0 amide bonds. The van der Waals surface area contributed by atoms with Crippen molar-refractivity contribution < 1.29 is 14.6 Å². The van der Waals surface area contributed by atoms with Crippen LogP contribution in [-0.4, -0.2) is 78.4 Å². The van der Waals surface area contributed by atoms with E-state index in [0.717, 1.165) is 0 Å². The van der Waals surface area contributed by atoms with Crippen LogP contribution in [0.1, 0.15) is 11.4 Å². The van der Waals surface area contributed by atoms with Crippen LogP contribution in [0.5, 0.6) is 5.75 Å². The zero-order valence-electron chi connectivity index (χ0n) is 15.5. The molecule has 2 saturated heterocycles. The largest absolute Gasteiger partial charge is 0.507 e. The summed E-state index contributed by atoms with van der Waals surface area (Å²) in [6.45, 7) is 5.23. The minimum absolute atomic E-state index is 0.0629. The molecule has 0 spiro atoms. The van der Waals surface area contributed by atoms with Gasteiger partial charge in [0.05, 0.1) is 26.4 Å².